The maximum Gasteiger partial charge on any atom is 0.188 e. The van der Waals surface area contributed by atoms with Crippen LogP contribution in [-0.4, -0.2) is 4.98 Å². The topological polar surface area (TPSA) is 24.9 Å². The van der Waals surface area contributed by atoms with Crippen LogP contribution in [0.15, 0.2) is 42.5 Å². The molecule has 2 nitrogen and oxygen atoms in total. The molecule has 0 saturated heterocycles. The average molecular weight is 295 g/mol. The van der Waals surface area contributed by atoms with Gasteiger partial charge in [0, 0.05) is 5.69 Å². The molecule has 0 unspecified atom stereocenters. The summed E-state index contributed by atoms with van der Waals surface area (Å²) in [6.45, 7) is 0. The summed E-state index contributed by atoms with van der Waals surface area (Å²) in [5.74, 6) is 0. The number of aromatic nitrogens is 1. The van der Waals surface area contributed by atoms with E-state index in [1.165, 1.54) is 11.3 Å². The van der Waals surface area contributed by atoms with Crippen molar-refractivity contribution < 1.29 is 0 Å². The van der Waals surface area contributed by atoms with Gasteiger partial charge in [-0.2, -0.15) is 0 Å². The molecule has 1 aromatic heterocycles. The van der Waals surface area contributed by atoms with Crippen LogP contribution in [0.2, 0.25) is 10.0 Å². The lowest BCUT2D eigenvalue weighted by molar-refractivity contribution is 1.44. The molecule has 0 aliphatic carbocycles. The number of benzene rings is 2. The van der Waals surface area contributed by atoms with Gasteiger partial charge >= 0.3 is 0 Å². The second kappa shape index (κ2) is 4.76. The molecule has 18 heavy (non-hydrogen) atoms. The molecule has 2 aromatic carbocycles. The van der Waals surface area contributed by atoms with E-state index in [9.17, 15) is 0 Å². The predicted molar refractivity (Wildman–Crippen MR) is 79.4 cm³/mol. The van der Waals surface area contributed by atoms with Crippen molar-refractivity contribution in [2.24, 2.45) is 0 Å². The van der Waals surface area contributed by atoms with Crippen molar-refractivity contribution in [1.82, 2.24) is 4.98 Å². The lowest BCUT2D eigenvalue weighted by atomic mass is 10.3. The third-order valence-corrected chi connectivity index (χ3v) is 4.21. The van der Waals surface area contributed by atoms with Crippen LogP contribution in [0.3, 0.4) is 0 Å². The van der Waals surface area contributed by atoms with Crippen molar-refractivity contribution >= 4 is 55.6 Å². The summed E-state index contributed by atoms with van der Waals surface area (Å²) in [7, 11) is 0. The first-order valence-electron chi connectivity index (χ1n) is 5.30. The summed E-state index contributed by atoms with van der Waals surface area (Å²) in [5, 5.41) is 5.31. The highest BCUT2D eigenvalue weighted by Gasteiger charge is 2.10. The molecule has 0 amide bonds. The van der Waals surface area contributed by atoms with Gasteiger partial charge in [-0.1, -0.05) is 52.7 Å². The van der Waals surface area contributed by atoms with Crippen molar-refractivity contribution in [3.63, 3.8) is 0 Å². The third-order valence-electron chi connectivity index (χ3n) is 2.47. The molecule has 3 rings (SSSR count). The highest BCUT2D eigenvalue weighted by Crippen LogP contribution is 2.36. The maximum atomic E-state index is 6.13. The number of rotatable bonds is 2. The largest absolute Gasteiger partial charge is 0.332 e. The average Bonchev–Trinajstić information content (AvgIpc) is 2.80. The Hall–Kier alpha value is -1.29. The predicted octanol–water partition coefficient (Wildman–Crippen LogP) is 5.35. The second-order valence-corrected chi connectivity index (χ2v) is 5.53. The Morgan fingerprint density at radius 3 is 2.39 bits per heavy atom. The summed E-state index contributed by atoms with van der Waals surface area (Å²) in [5.41, 5.74) is 1.73. The van der Waals surface area contributed by atoms with Crippen LogP contribution < -0.4 is 5.32 Å². The molecule has 90 valence electrons. The van der Waals surface area contributed by atoms with Gasteiger partial charge in [-0.25, -0.2) is 4.98 Å². The highest BCUT2D eigenvalue weighted by atomic mass is 35.5. The van der Waals surface area contributed by atoms with Crippen LogP contribution in [0, 0.1) is 0 Å². The minimum Gasteiger partial charge on any atom is -0.332 e. The van der Waals surface area contributed by atoms with Gasteiger partial charge in [-0.05, 0) is 24.3 Å². The molecule has 0 bridgehead atoms. The van der Waals surface area contributed by atoms with Gasteiger partial charge in [0.2, 0.25) is 0 Å². The van der Waals surface area contributed by atoms with Crippen molar-refractivity contribution in [2.75, 3.05) is 5.32 Å². The number of nitrogens with one attached hydrogen (secondary N) is 1. The summed E-state index contributed by atoms with van der Waals surface area (Å²) in [6.07, 6.45) is 0. The lowest BCUT2D eigenvalue weighted by Gasteiger charge is -1.99. The van der Waals surface area contributed by atoms with E-state index in [0.717, 1.165) is 21.0 Å². The first-order valence-corrected chi connectivity index (χ1v) is 6.88. The number of para-hydroxylation sites is 1. The minimum atomic E-state index is 0.617. The monoisotopic (exact) mass is 294 g/mol. The molecule has 5 heteroatoms. The van der Waals surface area contributed by atoms with Crippen LogP contribution in [0.4, 0.5) is 10.8 Å². The molecule has 1 N–H and O–H groups in total. The molecule has 0 saturated carbocycles. The maximum absolute atomic E-state index is 6.13. The molecule has 1 heterocycles. The Bertz CT molecular complexity index is 656. The first-order chi connectivity index (χ1) is 8.74. The number of hydrogen-bond acceptors (Lipinski definition) is 3. The van der Waals surface area contributed by atoms with Crippen molar-refractivity contribution in [1.29, 1.82) is 0 Å². The number of hydrogen-bond donors (Lipinski definition) is 1. The Labute approximate surface area is 118 Å². The molecule has 0 atom stereocenters. The number of anilines is 2. The van der Waals surface area contributed by atoms with E-state index in [1.807, 2.05) is 30.3 Å². The molecule has 3 aromatic rings. The summed E-state index contributed by atoms with van der Waals surface area (Å²) in [6, 6.07) is 13.4. The second-order valence-electron chi connectivity index (χ2n) is 3.72. The Balaban J connectivity index is 2.04. The molecule has 0 spiro atoms. The lowest BCUT2D eigenvalue weighted by Crippen LogP contribution is -1.87. The first kappa shape index (κ1) is 11.8. The third kappa shape index (κ3) is 2.17. The van der Waals surface area contributed by atoms with E-state index < -0.39 is 0 Å². The van der Waals surface area contributed by atoms with Gasteiger partial charge in [-0.3, -0.25) is 0 Å². The van der Waals surface area contributed by atoms with Gasteiger partial charge in [0.15, 0.2) is 5.13 Å². The van der Waals surface area contributed by atoms with Crippen LogP contribution in [0.1, 0.15) is 0 Å². The van der Waals surface area contributed by atoms with Crippen LogP contribution in [0.25, 0.3) is 10.2 Å². The van der Waals surface area contributed by atoms with E-state index in [0.29, 0.717) is 10.0 Å². The number of nitrogens with zero attached hydrogens (tertiary/aromatic N) is 1. The van der Waals surface area contributed by atoms with Gasteiger partial charge in [-0.15, -0.1) is 0 Å². The fraction of sp³-hybridized carbons (Fsp3) is 0. The number of fused-ring (bicyclic) bond motifs is 1. The van der Waals surface area contributed by atoms with Crippen molar-refractivity contribution in [2.45, 2.75) is 0 Å². The van der Waals surface area contributed by atoms with Crippen LogP contribution >= 0.6 is 34.5 Å². The minimum absolute atomic E-state index is 0.617. The number of halogens is 2. The van der Waals surface area contributed by atoms with E-state index in [2.05, 4.69) is 10.3 Å². The highest BCUT2D eigenvalue weighted by molar-refractivity contribution is 7.23. The molecular formula is C13H8Cl2N2S. The molecule has 0 aliphatic heterocycles. The van der Waals surface area contributed by atoms with Gasteiger partial charge in [0.25, 0.3) is 0 Å². The van der Waals surface area contributed by atoms with Gasteiger partial charge in [0.05, 0.1) is 14.7 Å². The zero-order chi connectivity index (χ0) is 12.5. The molecule has 0 radical (unpaired) electrons. The fourth-order valence-electron chi connectivity index (χ4n) is 1.64. The van der Waals surface area contributed by atoms with E-state index in [1.54, 1.807) is 12.1 Å². The van der Waals surface area contributed by atoms with Crippen molar-refractivity contribution in [3.05, 3.63) is 52.5 Å². The summed E-state index contributed by atoms with van der Waals surface area (Å²) < 4.78 is 0.905. The Morgan fingerprint density at radius 1 is 0.944 bits per heavy atom. The van der Waals surface area contributed by atoms with Crippen LogP contribution in [-0.2, 0) is 0 Å². The molecule has 0 fully saturated rings. The van der Waals surface area contributed by atoms with Gasteiger partial charge < -0.3 is 5.32 Å². The Morgan fingerprint density at radius 2 is 1.67 bits per heavy atom. The summed E-state index contributed by atoms with van der Waals surface area (Å²) >= 11 is 13.7. The van der Waals surface area contributed by atoms with E-state index >= 15 is 0 Å². The quantitative estimate of drug-likeness (QED) is 0.689. The van der Waals surface area contributed by atoms with E-state index in [4.69, 9.17) is 23.2 Å². The SMILES string of the molecule is Clc1ccc(Cl)c2sc(Nc3ccccc3)nc12. The van der Waals surface area contributed by atoms with E-state index in [-0.39, 0.29) is 0 Å². The summed E-state index contributed by atoms with van der Waals surface area (Å²) in [4.78, 5) is 4.46. The van der Waals surface area contributed by atoms with Crippen LogP contribution in [0.5, 0.6) is 0 Å². The zero-order valence-corrected chi connectivity index (χ0v) is 11.5. The molecule has 0 aliphatic rings. The normalized spacial score (nSPS) is 10.8. The van der Waals surface area contributed by atoms with Crippen molar-refractivity contribution in [3.8, 4) is 0 Å². The Kier molecular flexibility index (Phi) is 3.12. The molecular weight excluding hydrogens is 287 g/mol. The van der Waals surface area contributed by atoms with Gasteiger partial charge in [0.1, 0.15) is 5.52 Å². The smallest absolute Gasteiger partial charge is 0.188 e. The standard InChI is InChI=1S/C13H8Cl2N2S/c14-9-6-7-10(15)12-11(9)17-13(18-12)16-8-4-2-1-3-5-8/h1-7H,(H,16,17). The zero-order valence-electron chi connectivity index (χ0n) is 9.15. The number of thiazole rings is 1. The fourth-order valence-corrected chi connectivity index (χ4v) is 3.08.